The van der Waals surface area contributed by atoms with Crippen molar-refractivity contribution in [2.45, 2.75) is 6.54 Å². The van der Waals surface area contributed by atoms with Gasteiger partial charge in [-0.05, 0) is 17.7 Å². The van der Waals surface area contributed by atoms with Gasteiger partial charge in [0.15, 0.2) is 0 Å². The summed E-state index contributed by atoms with van der Waals surface area (Å²) in [7, 11) is 0. The number of imidazole rings is 1. The van der Waals surface area contributed by atoms with Gasteiger partial charge in [-0.15, -0.1) is 0 Å². The Bertz CT molecular complexity index is 900. The first-order valence-corrected chi connectivity index (χ1v) is 8.85. The maximum absolute atomic E-state index is 11.3. The molecule has 4 rings (SSSR count). The average Bonchev–Trinajstić information content (AvgIpc) is 3.24. The fourth-order valence-electron chi connectivity index (χ4n) is 3.21. The van der Waals surface area contributed by atoms with E-state index in [0.29, 0.717) is 5.82 Å². The predicted molar refractivity (Wildman–Crippen MR) is 102 cm³/mol. The fourth-order valence-corrected chi connectivity index (χ4v) is 3.21. The van der Waals surface area contributed by atoms with Crippen molar-refractivity contribution in [3.05, 3.63) is 66.6 Å². The van der Waals surface area contributed by atoms with Gasteiger partial charge in [-0.1, -0.05) is 12.1 Å². The standard InChI is InChI=1S/C19H21N7O/c20-19(27)17-11-22-12-18(23-17)25-9-7-24(8-10-25)13-15-1-3-16(4-2-15)26-6-5-21-14-26/h1-6,11-12,14H,7-10,13H2,(H2,20,27). The lowest BCUT2D eigenvalue weighted by molar-refractivity contribution is 0.0995. The number of rotatable bonds is 5. The molecule has 3 aromatic rings. The highest BCUT2D eigenvalue weighted by molar-refractivity contribution is 5.90. The van der Waals surface area contributed by atoms with Crippen molar-refractivity contribution in [2.75, 3.05) is 31.1 Å². The topological polar surface area (TPSA) is 93.2 Å². The third kappa shape index (κ3) is 3.95. The summed E-state index contributed by atoms with van der Waals surface area (Å²) in [4.78, 5) is 28.3. The highest BCUT2D eigenvalue weighted by atomic mass is 16.1. The lowest BCUT2D eigenvalue weighted by atomic mass is 10.1. The van der Waals surface area contributed by atoms with Gasteiger partial charge >= 0.3 is 0 Å². The highest BCUT2D eigenvalue weighted by Gasteiger charge is 2.19. The van der Waals surface area contributed by atoms with E-state index in [1.807, 2.05) is 10.8 Å². The van der Waals surface area contributed by atoms with Gasteiger partial charge in [0.05, 0.1) is 18.7 Å². The van der Waals surface area contributed by atoms with E-state index in [4.69, 9.17) is 5.73 Å². The van der Waals surface area contributed by atoms with E-state index in [1.165, 1.54) is 11.8 Å². The normalized spacial score (nSPS) is 15.0. The van der Waals surface area contributed by atoms with E-state index in [2.05, 4.69) is 49.0 Å². The van der Waals surface area contributed by atoms with E-state index >= 15 is 0 Å². The van der Waals surface area contributed by atoms with Crippen LogP contribution < -0.4 is 10.6 Å². The van der Waals surface area contributed by atoms with Crippen molar-refractivity contribution in [2.24, 2.45) is 5.73 Å². The minimum atomic E-state index is -0.554. The summed E-state index contributed by atoms with van der Waals surface area (Å²) in [6.07, 6.45) is 8.58. The van der Waals surface area contributed by atoms with E-state index in [0.717, 1.165) is 38.4 Å². The minimum absolute atomic E-state index is 0.202. The van der Waals surface area contributed by atoms with Gasteiger partial charge < -0.3 is 15.2 Å². The molecule has 0 aliphatic carbocycles. The molecule has 0 radical (unpaired) electrons. The molecule has 2 N–H and O–H groups in total. The number of nitrogens with zero attached hydrogens (tertiary/aromatic N) is 6. The van der Waals surface area contributed by atoms with Crippen molar-refractivity contribution >= 4 is 11.7 Å². The predicted octanol–water partition coefficient (Wildman–Crippen LogP) is 1.08. The van der Waals surface area contributed by atoms with E-state index < -0.39 is 5.91 Å². The number of primary amides is 1. The molecule has 1 aliphatic rings. The molecule has 8 nitrogen and oxygen atoms in total. The van der Waals surface area contributed by atoms with Gasteiger partial charge in [-0.25, -0.2) is 9.97 Å². The zero-order chi connectivity index (χ0) is 18.6. The first-order chi connectivity index (χ1) is 13.2. The molecule has 1 fully saturated rings. The SMILES string of the molecule is NC(=O)c1cncc(N2CCN(Cc3ccc(-n4ccnc4)cc3)CC2)n1. The molecule has 0 spiro atoms. The molecule has 3 heterocycles. The molecule has 0 unspecified atom stereocenters. The van der Waals surface area contributed by atoms with Crippen molar-refractivity contribution < 1.29 is 4.79 Å². The number of nitrogens with two attached hydrogens (primary N) is 1. The van der Waals surface area contributed by atoms with E-state index in [1.54, 1.807) is 18.7 Å². The number of piperazine rings is 1. The van der Waals surface area contributed by atoms with Crippen molar-refractivity contribution in [1.82, 2.24) is 24.4 Å². The summed E-state index contributed by atoms with van der Waals surface area (Å²) in [6.45, 7) is 4.43. The van der Waals surface area contributed by atoms with Crippen LogP contribution in [-0.4, -0.2) is 56.5 Å². The zero-order valence-electron chi connectivity index (χ0n) is 14.9. The van der Waals surface area contributed by atoms with E-state index in [-0.39, 0.29) is 5.69 Å². The van der Waals surface area contributed by atoms with Gasteiger partial charge in [-0.3, -0.25) is 14.7 Å². The Balaban J connectivity index is 1.34. The second-order valence-corrected chi connectivity index (χ2v) is 6.53. The summed E-state index contributed by atoms with van der Waals surface area (Å²) in [6, 6.07) is 8.53. The highest BCUT2D eigenvalue weighted by Crippen LogP contribution is 2.16. The second kappa shape index (κ2) is 7.55. The molecule has 138 valence electrons. The summed E-state index contributed by atoms with van der Waals surface area (Å²) < 4.78 is 1.99. The number of anilines is 1. The third-order valence-electron chi connectivity index (χ3n) is 4.72. The molecular weight excluding hydrogens is 342 g/mol. The number of carbonyl (C=O) groups excluding carboxylic acids is 1. The van der Waals surface area contributed by atoms with Crippen LogP contribution in [0.5, 0.6) is 0 Å². The molecule has 2 aromatic heterocycles. The summed E-state index contributed by atoms with van der Waals surface area (Å²) in [5, 5.41) is 0. The number of benzene rings is 1. The number of hydrogen-bond donors (Lipinski definition) is 1. The Labute approximate surface area is 157 Å². The van der Waals surface area contributed by atoms with Crippen molar-refractivity contribution in [3.8, 4) is 5.69 Å². The van der Waals surface area contributed by atoms with Gasteiger partial charge in [-0.2, -0.15) is 0 Å². The summed E-state index contributed by atoms with van der Waals surface area (Å²) in [5.41, 5.74) is 7.88. The maximum atomic E-state index is 11.3. The van der Waals surface area contributed by atoms with Crippen molar-refractivity contribution in [3.63, 3.8) is 0 Å². The Morgan fingerprint density at radius 2 is 1.81 bits per heavy atom. The fraction of sp³-hybridized carbons (Fsp3) is 0.263. The largest absolute Gasteiger partial charge is 0.364 e. The first-order valence-electron chi connectivity index (χ1n) is 8.85. The molecule has 0 bridgehead atoms. The monoisotopic (exact) mass is 363 g/mol. The molecule has 1 aliphatic heterocycles. The molecule has 1 saturated heterocycles. The summed E-state index contributed by atoms with van der Waals surface area (Å²) >= 11 is 0. The van der Waals surface area contributed by atoms with Gasteiger partial charge in [0, 0.05) is 50.8 Å². The van der Waals surface area contributed by atoms with Crippen LogP contribution in [0.1, 0.15) is 16.1 Å². The van der Waals surface area contributed by atoms with Crippen molar-refractivity contribution in [1.29, 1.82) is 0 Å². The number of carbonyl (C=O) groups is 1. The van der Waals surface area contributed by atoms with Crippen LogP contribution in [-0.2, 0) is 6.54 Å². The maximum Gasteiger partial charge on any atom is 0.268 e. The van der Waals surface area contributed by atoms with Crippen LogP contribution in [0, 0.1) is 0 Å². The molecule has 27 heavy (non-hydrogen) atoms. The Morgan fingerprint density at radius 3 is 2.48 bits per heavy atom. The Hall–Kier alpha value is -3.26. The zero-order valence-corrected chi connectivity index (χ0v) is 14.9. The summed E-state index contributed by atoms with van der Waals surface area (Å²) in [5.74, 6) is 0.151. The molecule has 0 atom stereocenters. The third-order valence-corrected chi connectivity index (χ3v) is 4.72. The van der Waals surface area contributed by atoms with Crippen LogP contribution in [0.2, 0.25) is 0 Å². The molecule has 1 aromatic carbocycles. The molecule has 8 heteroatoms. The smallest absolute Gasteiger partial charge is 0.268 e. The van der Waals surface area contributed by atoms with Gasteiger partial charge in [0.1, 0.15) is 11.5 Å². The molecule has 0 saturated carbocycles. The lowest BCUT2D eigenvalue weighted by Crippen LogP contribution is -2.46. The van der Waals surface area contributed by atoms with Crippen LogP contribution >= 0.6 is 0 Å². The first kappa shape index (κ1) is 17.2. The minimum Gasteiger partial charge on any atom is -0.364 e. The Morgan fingerprint density at radius 1 is 1.04 bits per heavy atom. The Kier molecular flexibility index (Phi) is 4.80. The van der Waals surface area contributed by atoms with Gasteiger partial charge in [0.25, 0.3) is 5.91 Å². The van der Waals surface area contributed by atoms with Crippen LogP contribution in [0.3, 0.4) is 0 Å². The molecule has 1 amide bonds. The average molecular weight is 363 g/mol. The van der Waals surface area contributed by atoms with Gasteiger partial charge in [0.2, 0.25) is 0 Å². The van der Waals surface area contributed by atoms with Crippen LogP contribution in [0.4, 0.5) is 5.82 Å². The quantitative estimate of drug-likeness (QED) is 0.729. The number of aromatic nitrogens is 4. The second-order valence-electron chi connectivity index (χ2n) is 6.53. The number of amides is 1. The van der Waals surface area contributed by atoms with Crippen LogP contribution in [0.15, 0.2) is 55.4 Å². The van der Waals surface area contributed by atoms with Crippen LogP contribution in [0.25, 0.3) is 5.69 Å². The molecular formula is C19H21N7O. The van der Waals surface area contributed by atoms with E-state index in [9.17, 15) is 4.79 Å². The lowest BCUT2D eigenvalue weighted by Gasteiger charge is -2.35. The number of hydrogen-bond acceptors (Lipinski definition) is 6.